The minimum absolute atomic E-state index is 0.339. The molecule has 0 aliphatic rings. The molecule has 0 bridgehead atoms. The van der Waals surface area contributed by atoms with E-state index in [2.05, 4.69) is 20.8 Å². The lowest BCUT2D eigenvalue weighted by atomic mass is 9.91. The highest BCUT2D eigenvalue weighted by molar-refractivity contribution is 4.58. The molecule has 0 aliphatic heterocycles. The molecule has 0 amide bonds. The van der Waals surface area contributed by atoms with Crippen molar-refractivity contribution in [2.24, 2.45) is 11.8 Å². The molecular formula is C8H18O. The Morgan fingerprint density at radius 2 is 1.78 bits per heavy atom. The molecule has 2 atom stereocenters. The van der Waals surface area contributed by atoms with E-state index < -0.39 is 0 Å². The van der Waals surface area contributed by atoms with Crippen molar-refractivity contribution >= 4 is 0 Å². The number of aliphatic hydroxyl groups is 1. The highest BCUT2D eigenvalue weighted by Gasteiger charge is 2.07. The summed E-state index contributed by atoms with van der Waals surface area (Å²) in [6.07, 6.45) is 2.18. The van der Waals surface area contributed by atoms with E-state index in [0.717, 1.165) is 12.3 Å². The van der Waals surface area contributed by atoms with Gasteiger partial charge in [-0.15, -0.1) is 0 Å². The van der Waals surface area contributed by atoms with Crippen LogP contribution in [0.25, 0.3) is 0 Å². The van der Waals surface area contributed by atoms with Crippen LogP contribution in [0.5, 0.6) is 0 Å². The fraction of sp³-hybridized carbons (Fsp3) is 1.00. The van der Waals surface area contributed by atoms with Crippen LogP contribution in [0.3, 0.4) is 0 Å². The highest BCUT2D eigenvalue weighted by Crippen LogP contribution is 2.16. The zero-order chi connectivity index (χ0) is 7.28. The number of rotatable bonds is 4. The Bertz CT molecular complexity index is 61.6. The summed E-state index contributed by atoms with van der Waals surface area (Å²) < 4.78 is 0. The third kappa shape index (κ3) is 3.52. The first-order chi connectivity index (χ1) is 4.22. The molecule has 0 unspecified atom stereocenters. The molecule has 1 heteroatoms. The van der Waals surface area contributed by atoms with Crippen molar-refractivity contribution in [3.63, 3.8) is 0 Å². The van der Waals surface area contributed by atoms with Gasteiger partial charge in [0.2, 0.25) is 0 Å². The zero-order valence-electron chi connectivity index (χ0n) is 6.72. The van der Waals surface area contributed by atoms with Gasteiger partial charge in [-0.3, -0.25) is 0 Å². The van der Waals surface area contributed by atoms with Crippen LogP contribution < -0.4 is 0 Å². The van der Waals surface area contributed by atoms with Crippen LogP contribution >= 0.6 is 0 Å². The second-order valence-corrected chi connectivity index (χ2v) is 2.88. The fourth-order valence-electron chi connectivity index (χ4n) is 0.891. The van der Waals surface area contributed by atoms with Gasteiger partial charge in [-0.1, -0.05) is 27.2 Å². The molecule has 0 aromatic carbocycles. The SMILES string of the molecule is CC[C@H](C)[C@H](C)CCO. The van der Waals surface area contributed by atoms with E-state index in [-0.39, 0.29) is 0 Å². The molecule has 1 nitrogen and oxygen atoms in total. The van der Waals surface area contributed by atoms with Gasteiger partial charge in [0.05, 0.1) is 0 Å². The van der Waals surface area contributed by atoms with Gasteiger partial charge in [0.25, 0.3) is 0 Å². The van der Waals surface area contributed by atoms with Gasteiger partial charge in [0, 0.05) is 6.61 Å². The van der Waals surface area contributed by atoms with E-state index in [1.165, 1.54) is 6.42 Å². The maximum Gasteiger partial charge on any atom is 0.0433 e. The number of hydrogen-bond acceptors (Lipinski definition) is 1. The lowest BCUT2D eigenvalue weighted by molar-refractivity contribution is 0.233. The lowest BCUT2D eigenvalue weighted by Gasteiger charge is -2.15. The second kappa shape index (κ2) is 4.80. The summed E-state index contributed by atoms with van der Waals surface area (Å²) in [7, 11) is 0. The Kier molecular flexibility index (Phi) is 4.78. The van der Waals surface area contributed by atoms with Crippen LogP contribution in [0.4, 0.5) is 0 Å². The molecule has 0 saturated heterocycles. The Morgan fingerprint density at radius 1 is 1.22 bits per heavy atom. The van der Waals surface area contributed by atoms with E-state index >= 15 is 0 Å². The monoisotopic (exact) mass is 130 g/mol. The number of aliphatic hydroxyl groups excluding tert-OH is 1. The summed E-state index contributed by atoms with van der Waals surface area (Å²) in [6, 6.07) is 0. The Balaban J connectivity index is 3.32. The molecule has 0 heterocycles. The van der Waals surface area contributed by atoms with E-state index in [1.54, 1.807) is 0 Å². The van der Waals surface area contributed by atoms with Crippen molar-refractivity contribution in [3.8, 4) is 0 Å². The Morgan fingerprint density at radius 3 is 2.11 bits per heavy atom. The van der Waals surface area contributed by atoms with Gasteiger partial charge in [-0.2, -0.15) is 0 Å². The predicted octanol–water partition coefficient (Wildman–Crippen LogP) is 2.05. The van der Waals surface area contributed by atoms with Gasteiger partial charge in [-0.25, -0.2) is 0 Å². The molecule has 0 fully saturated rings. The first kappa shape index (κ1) is 8.96. The average molecular weight is 130 g/mol. The van der Waals surface area contributed by atoms with Crippen molar-refractivity contribution in [2.45, 2.75) is 33.6 Å². The molecular weight excluding hydrogens is 112 g/mol. The van der Waals surface area contributed by atoms with E-state index in [0.29, 0.717) is 12.5 Å². The Hall–Kier alpha value is -0.0400. The van der Waals surface area contributed by atoms with E-state index in [1.807, 2.05) is 0 Å². The van der Waals surface area contributed by atoms with Crippen molar-refractivity contribution in [2.75, 3.05) is 6.61 Å². The number of hydrogen-bond donors (Lipinski definition) is 1. The first-order valence-corrected chi connectivity index (χ1v) is 3.83. The predicted molar refractivity (Wildman–Crippen MR) is 40.3 cm³/mol. The van der Waals surface area contributed by atoms with Crippen LogP contribution in [0.2, 0.25) is 0 Å². The summed E-state index contributed by atoms with van der Waals surface area (Å²) in [5.41, 5.74) is 0. The molecule has 0 aliphatic carbocycles. The van der Waals surface area contributed by atoms with Crippen LogP contribution in [0, 0.1) is 11.8 Å². The van der Waals surface area contributed by atoms with Gasteiger partial charge in [0.1, 0.15) is 0 Å². The molecule has 56 valence electrons. The van der Waals surface area contributed by atoms with Gasteiger partial charge in [-0.05, 0) is 18.3 Å². The van der Waals surface area contributed by atoms with E-state index in [9.17, 15) is 0 Å². The third-order valence-electron chi connectivity index (χ3n) is 2.20. The van der Waals surface area contributed by atoms with Crippen LogP contribution in [0.1, 0.15) is 33.6 Å². The molecule has 0 spiro atoms. The lowest BCUT2D eigenvalue weighted by Crippen LogP contribution is -2.08. The molecule has 9 heavy (non-hydrogen) atoms. The van der Waals surface area contributed by atoms with Crippen LogP contribution in [-0.2, 0) is 0 Å². The molecule has 0 saturated carbocycles. The van der Waals surface area contributed by atoms with E-state index in [4.69, 9.17) is 5.11 Å². The summed E-state index contributed by atoms with van der Waals surface area (Å²) in [5.74, 6) is 1.44. The van der Waals surface area contributed by atoms with Crippen molar-refractivity contribution in [3.05, 3.63) is 0 Å². The van der Waals surface area contributed by atoms with Gasteiger partial charge >= 0.3 is 0 Å². The minimum atomic E-state index is 0.339. The third-order valence-corrected chi connectivity index (χ3v) is 2.20. The highest BCUT2D eigenvalue weighted by atomic mass is 16.3. The smallest absolute Gasteiger partial charge is 0.0433 e. The van der Waals surface area contributed by atoms with Gasteiger partial charge in [0.15, 0.2) is 0 Å². The van der Waals surface area contributed by atoms with Gasteiger partial charge < -0.3 is 5.11 Å². The summed E-state index contributed by atoms with van der Waals surface area (Å²) >= 11 is 0. The molecule has 0 aromatic rings. The maximum atomic E-state index is 8.58. The van der Waals surface area contributed by atoms with Crippen LogP contribution in [-0.4, -0.2) is 11.7 Å². The topological polar surface area (TPSA) is 20.2 Å². The van der Waals surface area contributed by atoms with Crippen molar-refractivity contribution in [1.29, 1.82) is 0 Å². The second-order valence-electron chi connectivity index (χ2n) is 2.88. The van der Waals surface area contributed by atoms with Crippen molar-refractivity contribution < 1.29 is 5.11 Å². The first-order valence-electron chi connectivity index (χ1n) is 3.83. The zero-order valence-corrected chi connectivity index (χ0v) is 6.72. The fourth-order valence-corrected chi connectivity index (χ4v) is 0.891. The summed E-state index contributed by atoms with van der Waals surface area (Å²) in [4.78, 5) is 0. The average Bonchev–Trinajstić information content (AvgIpc) is 1.87. The maximum absolute atomic E-state index is 8.58. The molecule has 1 N–H and O–H groups in total. The quantitative estimate of drug-likeness (QED) is 0.617. The Labute approximate surface area is 58.1 Å². The standard InChI is InChI=1S/C8H18O/c1-4-7(2)8(3)5-6-9/h7-9H,4-6H2,1-3H3/t7-,8+/m0/s1. The normalized spacial score (nSPS) is 17.3. The minimum Gasteiger partial charge on any atom is -0.396 e. The summed E-state index contributed by atoms with van der Waals surface area (Å²) in [6.45, 7) is 6.97. The molecule has 0 radical (unpaired) electrons. The molecule has 0 aromatic heterocycles. The summed E-state index contributed by atoms with van der Waals surface area (Å²) in [5, 5.41) is 8.58. The van der Waals surface area contributed by atoms with Crippen molar-refractivity contribution in [1.82, 2.24) is 0 Å². The molecule has 0 rings (SSSR count). The van der Waals surface area contributed by atoms with Crippen LogP contribution in [0.15, 0.2) is 0 Å². The largest absolute Gasteiger partial charge is 0.396 e.